The van der Waals surface area contributed by atoms with Gasteiger partial charge in [-0.25, -0.2) is 0 Å². The summed E-state index contributed by atoms with van der Waals surface area (Å²) in [5.41, 5.74) is 5.03. The summed E-state index contributed by atoms with van der Waals surface area (Å²) in [5, 5.41) is 2.94. The standard InChI is InChI=1S/C30H50N4O2.ClH/c1-7-31-28(35)21-32-14-16-34(17-15-32)27-9-8-24(33-12-10-25(36-6)11-13-33)18-26(27)23-19-29(2,3)22-30(4,5)20-23;/h8-9,18,23,25H,7,10-17,19-22H2,1-6H3,(H,31,35);1H. The van der Waals surface area contributed by atoms with E-state index in [0.717, 1.165) is 52.1 Å². The number of piperidine rings is 1. The van der Waals surface area contributed by atoms with Gasteiger partial charge in [0.25, 0.3) is 0 Å². The van der Waals surface area contributed by atoms with Crippen molar-refractivity contribution in [3.05, 3.63) is 23.8 Å². The topological polar surface area (TPSA) is 48.1 Å². The number of carbonyl (C=O) groups excluding carboxylic acids is 1. The third kappa shape index (κ3) is 7.77. The van der Waals surface area contributed by atoms with E-state index in [1.54, 1.807) is 5.56 Å². The minimum atomic E-state index is 0. The Bertz CT molecular complexity index is 874. The largest absolute Gasteiger partial charge is 0.381 e. The van der Waals surface area contributed by atoms with Gasteiger partial charge in [0, 0.05) is 64.3 Å². The Labute approximate surface area is 231 Å². The van der Waals surface area contributed by atoms with E-state index >= 15 is 0 Å². The summed E-state index contributed by atoms with van der Waals surface area (Å²) < 4.78 is 5.62. The predicted molar refractivity (Wildman–Crippen MR) is 157 cm³/mol. The number of hydrogen-bond donors (Lipinski definition) is 1. The van der Waals surface area contributed by atoms with Crippen LogP contribution in [-0.4, -0.2) is 76.4 Å². The molecule has 2 saturated heterocycles. The zero-order chi connectivity index (χ0) is 25.9. The molecule has 0 unspecified atom stereocenters. The van der Waals surface area contributed by atoms with Gasteiger partial charge < -0.3 is 19.9 Å². The van der Waals surface area contributed by atoms with Crippen LogP contribution in [0, 0.1) is 10.8 Å². The van der Waals surface area contributed by atoms with Crippen molar-refractivity contribution in [3.63, 3.8) is 0 Å². The van der Waals surface area contributed by atoms with Crippen LogP contribution in [0.4, 0.5) is 11.4 Å². The minimum absolute atomic E-state index is 0. The molecule has 1 aliphatic carbocycles. The first-order valence-corrected chi connectivity index (χ1v) is 14.2. The van der Waals surface area contributed by atoms with Crippen molar-refractivity contribution < 1.29 is 9.53 Å². The lowest BCUT2D eigenvalue weighted by atomic mass is 9.60. The third-order valence-electron chi connectivity index (χ3n) is 8.60. The van der Waals surface area contributed by atoms with Crippen LogP contribution in [0.1, 0.15) is 78.2 Å². The van der Waals surface area contributed by atoms with Gasteiger partial charge in [-0.05, 0) is 79.5 Å². The van der Waals surface area contributed by atoms with Crippen molar-refractivity contribution in [2.75, 3.05) is 69.3 Å². The summed E-state index contributed by atoms with van der Waals surface area (Å²) >= 11 is 0. The molecule has 0 radical (unpaired) electrons. The molecule has 1 saturated carbocycles. The molecule has 1 aromatic carbocycles. The Morgan fingerprint density at radius 2 is 1.59 bits per heavy atom. The van der Waals surface area contributed by atoms with E-state index < -0.39 is 0 Å². The fraction of sp³-hybridized carbons (Fsp3) is 0.767. The van der Waals surface area contributed by atoms with E-state index in [1.807, 2.05) is 14.0 Å². The number of hydrogen-bond acceptors (Lipinski definition) is 5. The van der Waals surface area contributed by atoms with Crippen molar-refractivity contribution in [1.29, 1.82) is 0 Å². The van der Waals surface area contributed by atoms with Crippen LogP contribution >= 0.6 is 12.4 Å². The number of nitrogens with one attached hydrogen (secondary N) is 1. The van der Waals surface area contributed by atoms with Crippen LogP contribution in [-0.2, 0) is 9.53 Å². The molecule has 0 aromatic heterocycles. The maximum absolute atomic E-state index is 12.1. The van der Waals surface area contributed by atoms with Crippen LogP contribution in [0.3, 0.4) is 0 Å². The zero-order valence-corrected chi connectivity index (χ0v) is 25.0. The van der Waals surface area contributed by atoms with Gasteiger partial charge in [0.15, 0.2) is 0 Å². The molecular weight excluding hydrogens is 484 g/mol. The second kappa shape index (κ2) is 12.6. The molecule has 6 nitrogen and oxygen atoms in total. The number of benzene rings is 1. The highest BCUT2D eigenvalue weighted by Crippen LogP contribution is 2.53. The minimum Gasteiger partial charge on any atom is -0.381 e. The maximum atomic E-state index is 12.1. The molecule has 2 aliphatic heterocycles. The summed E-state index contributed by atoms with van der Waals surface area (Å²) in [6.07, 6.45) is 6.38. The summed E-state index contributed by atoms with van der Waals surface area (Å²) in [5.74, 6) is 0.712. The molecule has 0 spiro atoms. The van der Waals surface area contributed by atoms with Gasteiger partial charge in [-0.1, -0.05) is 27.7 Å². The van der Waals surface area contributed by atoms with Crippen LogP contribution in [0.15, 0.2) is 18.2 Å². The van der Waals surface area contributed by atoms with Gasteiger partial charge >= 0.3 is 0 Å². The maximum Gasteiger partial charge on any atom is 0.234 e. The van der Waals surface area contributed by atoms with Crippen LogP contribution in [0.5, 0.6) is 0 Å². The van der Waals surface area contributed by atoms with Gasteiger partial charge in [-0.15, -0.1) is 12.4 Å². The van der Waals surface area contributed by atoms with Crippen LogP contribution in [0.2, 0.25) is 0 Å². The monoisotopic (exact) mass is 534 g/mol. The van der Waals surface area contributed by atoms with Crippen LogP contribution < -0.4 is 15.1 Å². The molecule has 7 heteroatoms. The average molecular weight is 535 g/mol. The van der Waals surface area contributed by atoms with Gasteiger partial charge in [-0.2, -0.15) is 0 Å². The summed E-state index contributed by atoms with van der Waals surface area (Å²) in [6.45, 7) is 19.0. The molecule has 2 heterocycles. The summed E-state index contributed by atoms with van der Waals surface area (Å²) in [4.78, 5) is 19.5. The van der Waals surface area contributed by atoms with Crippen molar-refractivity contribution >= 4 is 29.7 Å². The Balaban J connectivity index is 0.00000380. The lowest BCUT2D eigenvalue weighted by Crippen LogP contribution is -2.49. The number of halogens is 1. The zero-order valence-electron chi connectivity index (χ0n) is 24.1. The second-order valence-electron chi connectivity index (χ2n) is 13.0. The molecule has 0 bridgehead atoms. The SMILES string of the molecule is CCNC(=O)CN1CCN(c2ccc(N3CCC(OC)CC3)cc2C2CC(C)(C)CC(C)(C)C2)CC1.Cl. The molecule has 1 aromatic rings. The quantitative estimate of drug-likeness (QED) is 0.514. The van der Waals surface area contributed by atoms with E-state index in [4.69, 9.17) is 4.74 Å². The molecule has 1 N–H and O–H groups in total. The number of amides is 1. The smallest absolute Gasteiger partial charge is 0.234 e. The van der Waals surface area contributed by atoms with Crippen molar-refractivity contribution in [2.45, 2.75) is 78.7 Å². The van der Waals surface area contributed by atoms with Gasteiger partial charge in [0.1, 0.15) is 0 Å². The highest BCUT2D eigenvalue weighted by Gasteiger charge is 2.40. The first-order valence-electron chi connectivity index (χ1n) is 14.2. The molecule has 210 valence electrons. The fourth-order valence-electron chi connectivity index (χ4n) is 7.37. The summed E-state index contributed by atoms with van der Waals surface area (Å²) in [6, 6.07) is 7.29. The van der Waals surface area contributed by atoms with E-state index in [1.165, 1.54) is 30.6 Å². The van der Waals surface area contributed by atoms with E-state index in [2.05, 4.69) is 65.9 Å². The number of likely N-dealkylation sites (N-methyl/N-ethyl adjacent to an activating group) is 1. The second-order valence-corrected chi connectivity index (χ2v) is 13.0. The van der Waals surface area contributed by atoms with Crippen molar-refractivity contribution in [1.82, 2.24) is 10.2 Å². The first kappa shape index (κ1) is 30.0. The van der Waals surface area contributed by atoms with Gasteiger partial charge in [0.2, 0.25) is 5.91 Å². The Kier molecular flexibility index (Phi) is 10.2. The average Bonchev–Trinajstić information content (AvgIpc) is 2.82. The molecule has 37 heavy (non-hydrogen) atoms. The number of methoxy groups -OCH3 is 1. The third-order valence-corrected chi connectivity index (χ3v) is 8.60. The molecule has 3 fully saturated rings. The fourth-order valence-corrected chi connectivity index (χ4v) is 7.37. The van der Waals surface area contributed by atoms with Gasteiger partial charge in [-0.3, -0.25) is 9.69 Å². The Morgan fingerprint density at radius 1 is 0.973 bits per heavy atom. The number of piperazine rings is 1. The normalized spacial score (nSPS) is 23.0. The van der Waals surface area contributed by atoms with E-state index in [9.17, 15) is 4.79 Å². The predicted octanol–water partition coefficient (Wildman–Crippen LogP) is 5.30. The van der Waals surface area contributed by atoms with Gasteiger partial charge in [0.05, 0.1) is 12.6 Å². The van der Waals surface area contributed by atoms with Crippen LogP contribution in [0.25, 0.3) is 0 Å². The summed E-state index contributed by atoms with van der Waals surface area (Å²) in [7, 11) is 1.84. The van der Waals surface area contributed by atoms with Crippen molar-refractivity contribution in [2.24, 2.45) is 10.8 Å². The van der Waals surface area contributed by atoms with Crippen molar-refractivity contribution in [3.8, 4) is 0 Å². The van der Waals surface area contributed by atoms with E-state index in [-0.39, 0.29) is 18.3 Å². The van der Waals surface area contributed by atoms with E-state index in [0.29, 0.717) is 35.9 Å². The molecule has 3 aliphatic rings. The molecule has 1 amide bonds. The Morgan fingerprint density at radius 3 is 2.16 bits per heavy atom. The number of anilines is 2. The highest BCUT2D eigenvalue weighted by atomic mass is 35.5. The lowest BCUT2D eigenvalue weighted by molar-refractivity contribution is -0.122. The highest BCUT2D eigenvalue weighted by molar-refractivity contribution is 5.85. The number of nitrogens with zero attached hydrogens (tertiary/aromatic N) is 3. The number of rotatable bonds is 7. The molecule has 0 atom stereocenters. The Hall–Kier alpha value is -1.50. The number of ether oxygens (including phenoxy) is 1. The molecule has 4 rings (SSSR count). The lowest BCUT2D eigenvalue weighted by Gasteiger charge is -2.46. The number of carbonyl (C=O) groups is 1. The first-order chi connectivity index (χ1) is 17.1. The molecular formula is C30H51ClN4O2.